The Morgan fingerprint density at radius 3 is 2.57 bits per heavy atom. The van der Waals surface area contributed by atoms with Crippen LogP contribution in [0.3, 0.4) is 0 Å². The number of hydrogen-bond donors (Lipinski definition) is 3. The summed E-state index contributed by atoms with van der Waals surface area (Å²) in [6.45, 7) is 3.36. The minimum atomic E-state index is -3.70. The maximum Gasteiger partial charge on any atom is 0.268 e. The van der Waals surface area contributed by atoms with Gasteiger partial charge in [0.05, 0.1) is 26.4 Å². The first-order valence-corrected chi connectivity index (χ1v) is 10.9. The van der Waals surface area contributed by atoms with Crippen molar-refractivity contribution in [2.45, 2.75) is 11.8 Å². The van der Waals surface area contributed by atoms with Crippen molar-refractivity contribution in [3.63, 3.8) is 0 Å². The van der Waals surface area contributed by atoms with E-state index < -0.39 is 21.8 Å². The van der Waals surface area contributed by atoms with Gasteiger partial charge in [-0.25, -0.2) is 8.42 Å². The van der Waals surface area contributed by atoms with E-state index in [0.29, 0.717) is 31.3 Å². The van der Waals surface area contributed by atoms with E-state index in [1.165, 1.54) is 16.6 Å². The lowest BCUT2D eigenvalue weighted by Gasteiger charge is -2.25. The summed E-state index contributed by atoms with van der Waals surface area (Å²) in [5, 5.41) is 5.12. The molecule has 1 aromatic carbocycles. The number of nitrogens with zero attached hydrogens (tertiary/aromatic N) is 1. The van der Waals surface area contributed by atoms with Gasteiger partial charge in [0, 0.05) is 25.0 Å². The fourth-order valence-corrected chi connectivity index (χ4v) is 4.26. The molecule has 0 bridgehead atoms. The number of anilines is 1. The lowest BCUT2D eigenvalue weighted by atomic mass is 10.3. The van der Waals surface area contributed by atoms with Gasteiger partial charge in [0.15, 0.2) is 0 Å². The molecule has 0 spiro atoms. The molecule has 2 amide bonds. The smallest absolute Gasteiger partial charge is 0.268 e. The molecule has 0 unspecified atom stereocenters. The second-order valence-corrected chi connectivity index (χ2v) is 8.39. The van der Waals surface area contributed by atoms with Gasteiger partial charge >= 0.3 is 0 Å². The van der Waals surface area contributed by atoms with E-state index in [-0.39, 0.29) is 30.2 Å². The molecule has 0 radical (unpaired) electrons. The largest absolute Gasteiger partial charge is 0.494 e. The highest BCUT2D eigenvalue weighted by molar-refractivity contribution is 7.89. The van der Waals surface area contributed by atoms with E-state index in [1.54, 1.807) is 24.3 Å². The number of morpholine rings is 1. The average molecular weight is 436 g/mol. The highest BCUT2D eigenvalue weighted by atomic mass is 32.2. The van der Waals surface area contributed by atoms with E-state index in [1.807, 2.05) is 6.92 Å². The SMILES string of the molecule is CCOc1ccc(NC(=O)CNC(=O)c2cc(S(=O)(=O)N3CCOCC3)c[nH]2)cc1. The second-order valence-electron chi connectivity index (χ2n) is 6.45. The van der Waals surface area contributed by atoms with Crippen LogP contribution in [0.2, 0.25) is 0 Å². The van der Waals surface area contributed by atoms with Crippen LogP contribution in [0, 0.1) is 0 Å². The van der Waals surface area contributed by atoms with Gasteiger partial charge in [-0.05, 0) is 37.3 Å². The van der Waals surface area contributed by atoms with Gasteiger partial charge in [0.25, 0.3) is 5.91 Å². The van der Waals surface area contributed by atoms with Crippen LogP contribution in [0.5, 0.6) is 5.75 Å². The molecule has 3 rings (SSSR count). The molecule has 0 aliphatic carbocycles. The van der Waals surface area contributed by atoms with Crippen molar-refractivity contribution in [3.05, 3.63) is 42.2 Å². The second kappa shape index (κ2) is 9.74. The summed E-state index contributed by atoms with van der Waals surface area (Å²) >= 11 is 0. The molecule has 30 heavy (non-hydrogen) atoms. The molecule has 1 aliphatic heterocycles. The lowest BCUT2D eigenvalue weighted by molar-refractivity contribution is -0.115. The zero-order valence-electron chi connectivity index (χ0n) is 16.5. The molecule has 162 valence electrons. The van der Waals surface area contributed by atoms with Crippen molar-refractivity contribution in [2.75, 3.05) is 44.8 Å². The first-order valence-electron chi connectivity index (χ1n) is 9.47. The summed E-state index contributed by atoms with van der Waals surface area (Å²) in [5.41, 5.74) is 0.618. The molecule has 3 N–H and O–H groups in total. The first kappa shape index (κ1) is 21.8. The average Bonchev–Trinajstić information content (AvgIpc) is 3.26. The van der Waals surface area contributed by atoms with Crippen LogP contribution in [-0.4, -0.2) is 69.0 Å². The summed E-state index contributed by atoms with van der Waals surface area (Å²) in [5.74, 6) is -0.307. The minimum absolute atomic E-state index is 0.00612. The third-order valence-electron chi connectivity index (χ3n) is 4.37. The molecule has 11 heteroatoms. The molecule has 2 aromatic rings. The van der Waals surface area contributed by atoms with Crippen LogP contribution in [-0.2, 0) is 19.6 Å². The summed E-state index contributed by atoms with van der Waals surface area (Å²) < 4.78 is 37.0. The molecule has 1 fully saturated rings. The maximum atomic E-state index is 12.6. The van der Waals surface area contributed by atoms with Crippen molar-refractivity contribution >= 4 is 27.5 Å². The molecule has 1 saturated heterocycles. The quantitative estimate of drug-likeness (QED) is 0.561. The van der Waals surface area contributed by atoms with E-state index in [2.05, 4.69) is 15.6 Å². The summed E-state index contributed by atoms with van der Waals surface area (Å²) in [4.78, 5) is 27.0. The van der Waals surface area contributed by atoms with Crippen molar-refractivity contribution in [1.82, 2.24) is 14.6 Å². The molecule has 1 aromatic heterocycles. The molecular formula is C19H24N4O6S. The summed E-state index contributed by atoms with van der Waals surface area (Å²) in [6, 6.07) is 8.10. The van der Waals surface area contributed by atoms with Crippen LogP contribution < -0.4 is 15.4 Å². The Balaban J connectivity index is 1.53. The number of amides is 2. The highest BCUT2D eigenvalue weighted by Crippen LogP contribution is 2.18. The van der Waals surface area contributed by atoms with Crippen LogP contribution in [0.25, 0.3) is 0 Å². The normalized spacial score (nSPS) is 14.8. The molecule has 0 saturated carbocycles. The van der Waals surface area contributed by atoms with E-state index in [9.17, 15) is 18.0 Å². The molecular weight excluding hydrogens is 412 g/mol. The van der Waals surface area contributed by atoms with Crippen molar-refractivity contribution < 1.29 is 27.5 Å². The zero-order chi connectivity index (χ0) is 21.6. The van der Waals surface area contributed by atoms with Crippen LogP contribution in [0.15, 0.2) is 41.4 Å². The van der Waals surface area contributed by atoms with E-state index in [0.717, 1.165) is 0 Å². The van der Waals surface area contributed by atoms with Crippen molar-refractivity contribution in [1.29, 1.82) is 0 Å². The van der Waals surface area contributed by atoms with Gasteiger partial charge in [0.2, 0.25) is 15.9 Å². The summed E-state index contributed by atoms with van der Waals surface area (Å²) in [7, 11) is -3.70. The number of sulfonamides is 1. The Kier molecular flexibility index (Phi) is 7.08. The van der Waals surface area contributed by atoms with E-state index in [4.69, 9.17) is 9.47 Å². The Morgan fingerprint density at radius 2 is 1.90 bits per heavy atom. The van der Waals surface area contributed by atoms with Crippen LogP contribution in [0.1, 0.15) is 17.4 Å². The zero-order valence-corrected chi connectivity index (χ0v) is 17.3. The number of aromatic nitrogens is 1. The van der Waals surface area contributed by atoms with Crippen molar-refractivity contribution in [2.24, 2.45) is 0 Å². The third-order valence-corrected chi connectivity index (χ3v) is 6.24. The predicted octanol–water partition coefficient (Wildman–Crippen LogP) is 0.803. The maximum absolute atomic E-state index is 12.6. The minimum Gasteiger partial charge on any atom is -0.494 e. The number of hydrogen-bond acceptors (Lipinski definition) is 6. The molecule has 0 atom stereocenters. The van der Waals surface area contributed by atoms with Gasteiger partial charge in [0.1, 0.15) is 16.3 Å². The number of ether oxygens (including phenoxy) is 2. The Labute approximate surface area is 174 Å². The Morgan fingerprint density at radius 1 is 1.20 bits per heavy atom. The molecule has 10 nitrogen and oxygen atoms in total. The first-order chi connectivity index (χ1) is 14.4. The molecule has 1 aliphatic rings. The number of aromatic amines is 1. The number of carbonyl (C=O) groups is 2. The van der Waals surface area contributed by atoms with Gasteiger partial charge in [-0.3, -0.25) is 9.59 Å². The lowest BCUT2D eigenvalue weighted by Crippen LogP contribution is -2.40. The van der Waals surface area contributed by atoms with Crippen LogP contribution in [0.4, 0.5) is 5.69 Å². The predicted molar refractivity (Wildman–Crippen MR) is 109 cm³/mol. The highest BCUT2D eigenvalue weighted by Gasteiger charge is 2.28. The Hall–Kier alpha value is -2.89. The number of benzene rings is 1. The van der Waals surface area contributed by atoms with E-state index >= 15 is 0 Å². The van der Waals surface area contributed by atoms with Crippen molar-refractivity contribution in [3.8, 4) is 5.75 Å². The van der Waals surface area contributed by atoms with Crippen LogP contribution >= 0.6 is 0 Å². The summed E-state index contributed by atoms with van der Waals surface area (Å²) in [6.07, 6.45) is 1.26. The number of H-pyrrole nitrogens is 1. The van der Waals surface area contributed by atoms with Gasteiger partial charge in [-0.1, -0.05) is 0 Å². The fraction of sp³-hybridized carbons (Fsp3) is 0.368. The number of carbonyl (C=O) groups excluding carboxylic acids is 2. The molecule has 2 heterocycles. The van der Waals surface area contributed by atoms with Gasteiger partial charge in [-0.15, -0.1) is 0 Å². The topological polar surface area (TPSA) is 130 Å². The van der Waals surface area contributed by atoms with Gasteiger partial charge < -0.3 is 25.1 Å². The number of rotatable bonds is 8. The Bertz CT molecular complexity index is 981. The third kappa shape index (κ3) is 5.38. The fourth-order valence-electron chi connectivity index (χ4n) is 2.85. The van der Waals surface area contributed by atoms with Gasteiger partial charge in [-0.2, -0.15) is 4.31 Å². The number of nitrogens with one attached hydrogen (secondary N) is 3. The standard InChI is InChI=1S/C19H24N4O6S/c1-2-29-15-5-3-14(4-6-15)22-18(24)13-21-19(25)17-11-16(12-20-17)30(26,27)23-7-9-28-10-8-23/h3-6,11-12,20H,2,7-10,13H2,1H3,(H,21,25)(H,22,24). The monoisotopic (exact) mass is 436 g/mol.